The van der Waals surface area contributed by atoms with Gasteiger partial charge in [-0.1, -0.05) is 18.2 Å². The van der Waals surface area contributed by atoms with E-state index in [-0.39, 0.29) is 12.6 Å². The summed E-state index contributed by atoms with van der Waals surface area (Å²) in [6.45, 7) is 1.85. The molecule has 0 spiro atoms. The molecule has 9 heteroatoms. The lowest BCUT2D eigenvalue weighted by Gasteiger charge is -2.19. The van der Waals surface area contributed by atoms with E-state index in [1.54, 1.807) is 21.8 Å². The quantitative estimate of drug-likeness (QED) is 0.435. The fourth-order valence-electron chi connectivity index (χ4n) is 3.17. The van der Waals surface area contributed by atoms with Gasteiger partial charge in [-0.05, 0) is 24.1 Å². The van der Waals surface area contributed by atoms with Crippen molar-refractivity contribution in [3.63, 3.8) is 0 Å². The van der Waals surface area contributed by atoms with Gasteiger partial charge in [-0.3, -0.25) is 9.36 Å². The zero-order valence-electron chi connectivity index (χ0n) is 17.1. The second-order valence-electron chi connectivity index (χ2n) is 7.16. The Morgan fingerprint density at radius 2 is 1.83 bits per heavy atom. The number of aliphatic hydroxyl groups is 1. The predicted molar refractivity (Wildman–Crippen MR) is 115 cm³/mol. The Morgan fingerprint density at radius 1 is 1.03 bits per heavy atom. The maximum atomic E-state index is 10.1. The van der Waals surface area contributed by atoms with Crippen molar-refractivity contribution in [1.82, 2.24) is 29.5 Å². The van der Waals surface area contributed by atoms with Crippen molar-refractivity contribution in [3.8, 4) is 11.1 Å². The number of nitrogens with zero attached hydrogens (tertiary/aromatic N) is 6. The number of aromatic nitrogens is 6. The average Bonchev–Trinajstić information content (AvgIpc) is 3.36. The first-order chi connectivity index (χ1) is 14.5. The van der Waals surface area contributed by atoms with E-state index in [4.69, 9.17) is 0 Å². The number of rotatable bonds is 7. The van der Waals surface area contributed by atoms with Crippen LogP contribution in [0.4, 0.5) is 17.5 Å². The van der Waals surface area contributed by atoms with Crippen molar-refractivity contribution in [1.29, 1.82) is 0 Å². The molecule has 4 rings (SSSR count). The van der Waals surface area contributed by atoms with E-state index >= 15 is 0 Å². The van der Waals surface area contributed by atoms with E-state index in [9.17, 15) is 5.11 Å². The summed E-state index contributed by atoms with van der Waals surface area (Å²) in [5.41, 5.74) is 4.71. The molecule has 0 saturated carbocycles. The largest absolute Gasteiger partial charge is 0.394 e. The molecule has 1 atom stereocenters. The molecule has 0 unspecified atom stereocenters. The molecule has 4 aromatic rings. The van der Waals surface area contributed by atoms with Gasteiger partial charge in [-0.25, -0.2) is 4.98 Å². The normalized spacial score (nSPS) is 12.0. The number of anilines is 3. The minimum Gasteiger partial charge on any atom is -0.394 e. The summed E-state index contributed by atoms with van der Waals surface area (Å²) in [5, 5.41) is 24.9. The zero-order chi connectivity index (χ0) is 21.1. The molecule has 0 aliphatic carbocycles. The van der Waals surface area contributed by atoms with Gasteiger partial charge < -0.3 is 15.7 Å². The van der Waals surface area contributed by atoms with Gasteiger partial charge in [0.15, 0.2) is 0 Å². The topological polar surface area (TPSA) is 106 Å². The average molecular weight is 404 g/mol. The Morgan fingerprint density at radius 3 is 2.53 bits per heavy atom. The van der Waals surface area contributed by atoms with Crippen LogP contribution in [-0.2, 0) is 14.1 Å². The third kappa shape index (κ3) is 4.31. The summed E-state index contributed by atoms with van der Waals surface area (Å²) in [5.74, 6) is 1.11. The lowest BCUT2D eigenvalue weighted by Crippen LogP contribution is -2.17. The molecule has 9 nitrogen and oxygen atoms in total. The van der Waals surface area contributed by atoms with Crippen LogP contribution in [0.2, 0.25) is 0 Å². The Kier molecular flexibility index (Phi) is 5.44. The van der Waals surface area contributed by atoms with Crippen LogP contribution in [0.25, 0.3) is 11.1 Å². The Labute approximate surface area is 174 Å². The molecule has 3 aromatic heterocycles. The first kappa shape index (κ1) is 19.6. The van der Waals surface area contributed by atoms with E-state index < -0.39 is 0 Å². The van der Waals surface area contributed by atoms with Crippen molar-refractivity contribution < 1.29 is 5.11 Å². The van der Waals surface area contributed by atoms with Crippen LogP contribution in [0.1, 0.15) is 17.2 Å². The fraction of sp³-hybridized carbons (Fsp3) is 0.238. The van der Waals surface area contributed by atoms with E-state index in [1.807, 2.05) is 57.8 Å². The third-order valence-electron chi connectivity index (χ3n) is 4.75. The summed E-state index contributed by atoms with van der Waals surface area (Å²) in [7, 11) is 3.74. The Bertz CT molecular complexity index is 1150. The minimum atomic E-state index is -0.318. The first-order valence-electron chi connectivity index (χ1n) is 9.57. The van der Waals surface area contributed by atoms with Crippen LogP contribution in [0, 0.1) is 6.92 Å². The molecule has 0 amide bonds. The molecule has 0 aliphatic heterocycles. The molecule has 1 aromatic carbocycles. The number of hydrogen-bond donors (Lipinski definition) is 3. The fourth-order valence-corrected chi connectivity index (χ4v) is 3.17. The van der Waals surface area contributed by atoms with E-state index in [0.717, 1.165) is 27.9 Å². The monoisotopic (exact) mass is 404 g/mol. The highest BCUT2D eigenvalue weighted by Gasteiger charge is 2.15. The Balaban J connectivity index is 1.57. The second-order valence-corrected chi connectivity index (χ2v) is 7.16. The highest BCUT2D eigenvalue weighted by Crippen LogP contribution is 2.26. The molecule has 3 heterocycles. The summed E-state index contributed by atoms with van der Waals surface area (Å²) < 4.78 is 3.47. The minimum absolute atomic E-state index is 0.0781. The van der Waals surface area contributed by atoms with Gasteiger partial charge in [-0.2, -0.15) is 15.2 Å². The number of nitrogens with one attached hydrogen (secondary N) is 2. The SMILES string of the molecule is Cc1cnc(Nc2cnn(C)c2)nc1N[C@H](CO)c1cccc(-c2cnn(C)c2)c1. The van der Waals surface area contributed by atoms with Crippen molar-refractivity contribution >= 4 is 17.5 Å². The smallest absolute Gasteiger partial charge is 0.229 e. The third-order valence-corrected chi connectivity index (χ3v) is 4.75. The van der Waals surface area contributed by atoms with Gasteiger partial charge in [0.25, 0.3) is 0 Å². The van der Waals surface area contributed by atoms with Gasteiger partial charge in [0.05, 0.1) is 30.7 Å². The van der Waals surface area contributed by atoms with Gasteiger partial charge >= 0.3 is 0 Å². The maximum absolute atomic E-state index is 10.1. The maximum Gasteiger partial charge on any atom is 0.229 e. The van der Waals surface area contributed by atoms with E-state index in [0.29, 0.717) is 11.8 Å². The van der Waals surface area contributed by atoms with Crippen molar-refractivity contribution in [2.45, 2.75) is 13.0 Å². The number of aryl methyl sites for hydroxylation is 3. The predicted octanol–water partition coefficient (Wildman–Crippen LogP) is 2.81. The molecule has 0 saturated heterocycles. The summed E-state index contributed by atoms with van der Waals surface area (Å²) >= 11 is 0. The second kappa shape index (κ2) is 8.34. The van der Waals surface area contributed by atoms with Gasteiger partial charge in [0, 0.05) is 43.8 Å². The summed E-state index contributed by atoms with van der Waals surface area (Å²) in [6, 6.07) is 7.72. The molecule has 0 fully saturated rings. The highest BCUT2D eigenvalue weighted by molar-refractivity contribution is 5.63. The van der Waals surface area contributed by atoms with Crippen molar-refractivity contribution in [2.24, 2.45) is 14.1 Å². The number of hydrogen-bond acceptors (Lipinski definition) is 7. The standard InChI is InChI=1S/C21H24N8O/c1-14-8-22-21(25-18-10-24-29(3)12-18)27-20(14)26-19(13-30)16-6-4-5-15(7-16)17-9-23-28(2)11-17/h4-12,19,30H,13H2,1-3H3,(H2,22,25,26,27)/t19-/m1/s1. The van der Waals surface area contributed by atoms with Crippen molar-refractivity contribution in [2.75, 3.05) is 17.2 Å². The van der Waals surface area contributed by atoms with Gasteiger partial charge in [0.1, 0.15) is 5.82 Å². The zero-order valence-corrected chi connectivity index (χ0v) is 17.1. The first-order valence-corrected chi connectivity index (χ1v) is 9.57. The molecule has 0 radical (unpaired) electrons. The van der Waals surface area contributed by atoms with Crippen LogP contribution < -0.4 is 10.6 Å². The molecule has 30 heavy (non-hydrogen) atoms. The number of aliphatic hydroxyl groups excluding tert-OH is 1. The number of benzene rings is 1. The van der Waals surface area contributed by atoms with E-state index in [1.165, 1.54) is 0 Å². The lowest BCUT2D eigenvalue weighted by atomic mass is 10.0. The van der Waals surface area contributed by atoms with E-state index in [2.05, 4.69) is 36.9 Å². The van der Waals surface area contributed by atoms with Crippen LogP contribution in [0.3, 0.4) is 0 Å². The molecule has 0 aliphatic rings. The lowest BCUT2D eigenvalue weighted by molar-refractivity contribution is 0.276. The van der Waals surface area contributed by atoms with Crippen LogP contribution in [0.5, 0.6) is 0 Å². The molecule has 154 valence electrons. The van der Waals surface area contributed by atoms with Crippen LogP contribution in [-0.4, -0.2) is 41.2 Å². The summed E-state index contributed by atoms with van der Waals surface area (Å²) in [4.78, 5) is 8.91. The molecule has 0 bridgehead atoms. The molecular weight excluding hydrogens is 380 g/mol. The Hall–Kier alpha value is -3.72. The van der Waals surface area contributed by atoms with Crippen LogP contribution in [0.15, 0.2) is 55.2 Å². The van der Waals surface area contributed by atoms with Crippen molar-refractivity contribution in [3.05, 3.63) is 66.4 Å². The summed E-state index contributed by atoms with van der Waals surface area (Å²) in [6.07, 6.45) is 9.08. The van der Waals surface area contributed by atoms with Crippen LogP contribution >= 0.6 is 0 Å². The highest BCUT2D eigenvalue weighted by atomic mass is 16.3. The van der Waals surface area contributed by atoms with Gasteiger partial charge in [-0.15, -0.1) is 0 Å². The molecular formula is C21H24N8O. The van der Waals surface area contributed by atoms with Gasteiger partial charge in [0.2, 0.25) is 5.95 Å². The molecule has 3 N–H and O–H groups in total.